The normalized spacial score (nSPS) is 27.5. The summed E-state index contributed by atoms with van der Waals surface area (Å²) in [6.07, 6.45) is 4.13. The largest absolute Gasteiger partial charge is 0.491 e. The molecule has 2 fully saturated rings. The van der Waals surface area contributed by atoms with Gasteiger partial charge in [0, 0.05) is 23.0 Å². The third-order valence-electron chi connectivity index (χ3n) is 11.0. The Morgan fingerprint density at radius 3 is 2.12 bits per heavy atom. The lowest BCUT2D eigenvalue weighted by atomic mass is 9.44. The van der Waals surface area contributed by atoms with E-state index in [1.807, 2.05) is 97.1 Å². The Bertz CT molecular complexity index is 2020. The van der Waals surface area contributed by atoms with Gasteiger partial charge in [-0.15, -0.1) is 0 Å². The molecule has 4 aromatic carbocycles. The van der Waals surface area contributed by atoms with Crippen LogP contribution >= 0.6 is 0 Å². The summed E-state index contributed by atoms with van der Waals surface area (Å²) in [5, 5.41) is 9.71. The van der Waals surface area contributed by atoms with Gasteiger partial charge in [-0.1, -0.05) is 109 Å². The fourth-order valence-electron chi connectivity index (χ4n) is 9.06. The zero-order valence-electron chi connectivity index (χ0n) is 26.8. The van der Waals surface area contributed by atoms with Crippen molar-refractivity contribution in [2.45, 2.75) is 24.2 Å². The standard InChI is InChI=1S/C42H35NO6/c44-22-23-49-35-19-11-10-18-30(35)38-29-20-21-31-37(41(48)43(40(31)47)28-16-8-3-9-17-28)33(29)24-34-39(46)32(26-12-4-1-5-13-26)25-36(45)42(34,38)27-14-6-2-7-15-27/h1-20,25,31,33-34,37-38,44H,21-24H2/t31-,33+,34-,37-,38+,42-/m0/s1. The highest BCUT2D eigenvalue weighted by atomic mass is 16.5. The fraction of sp³-hybridized carbons (Fsp3) is 0.238. The average Bonchev–Trinajstić information content (AvgIpc) is 3.41. The van der Waals surface area contributed by atoms with E-state index in [2.05, 4.69) is 0 Å². The van der Waals surface area contributed by atoms with E-state index in [1.54, 1.807) is 24.3 Å². The van der Waals surface area contributed by atoms with E-state index >= 15 is 9.59 Å². The SMILES string of the molecule is O=C1C(c2ccccc2)=CC(=O)[C@@]2(c3ccccc3)[C@@H](c3ccccc3OCCO)C3=CC[C@@H]4C(=O)N(c5ccccc5)C(=O)[C@@H]4[C@@H]3C[C@@H]12. The smallest absolute Gasteiger partial charge is 0.238 e. The number of carbonyl (C=O) groups is 4. The van der Waals surface area contributed by atoms with Gasteiger partial charge in [0.2, 0.25) is 11.8 Å². The third-order valence-corrected chi connectivity index (χ3v) is 11.0. The number of hydrogen-bond donors (Lipinski definition) is 1. The molecule has 3 aliphatic carbocycles. The van der Waals surface area contributed by atoms with Crippen LogP contribution in [0.3, 0.4) is 0 Å². The molecule has 6 atom stereocenters. The number of carbonyl (C=O) groups excluding carboxylic acids is 4. The Morgan fingerprint density at radius 1 is 0.755 bits per heavy atom. The Hall–Kier alpha value is -5.40. The molecule has 0 bridgehead atoms. The van der Waals surface area contributed by atoms with Crippen LogP contribution in [0.15, 0.2) is 133 Å². The summed E-state index contributed by atoms with van der Waals surface area (Å²) in [5.41, 5.74) is 2.48. The van der Waals surface area contributed by atoms with E-state index in [9.17, 15) is 14.7 Å². The number of rotatable bonds is 7. The molecule has 1 heterocycles. The number of anilines is 1. The lowest BCUT2D eigenvalue weighted by Gasteiger charge is -2.55. The molecule has 2 amide bonds. The highest BCUT2D eigenvalue weighted by molar-refractivity contribution is 6.32. The van der Waals surface area contributed by atoms with Gasteiger partial charge in [-0.25, -0.2) is 0 Å². The quantitative estimate of drug-likeness (QED) is 0.192. The van der Waals surface area contributed by atoms with Gasteiger partial charge in [0.15, 0.2) is 11.6 Å². The van der Waals surface area contributed by atoms with E-state index < -0.39 is 35.0 Å². The second kappa shape index (κ2) is 12.2. The second-order valence-electron chi connectivity index (χ2n) is 13.2. The topological polar surface area (TPSA) is 101 Å². The molecule has 1 saturated carbocycles. The summed E-state index contributed by atoms with van der Waals surface area (Å²) in [6.45, 7) is -0.157. The van der Waals surface area contributed by atoms with Crippen molar-refractivity contribution in [3.8, 4) is 5.75 Å². The molecule has 7 heteroatoms. The zero-order chi connectivity index (χ0) is 33.7. The molecule has 7 nitrogen and oxygen atoms in total. The maximum atomic E-state index is 15.2. The van der Waals surface area contributed by atoms with Crippen LogP contribution in [-0.2, 0) is 24.6 Å². The van der Waals surface area contributed by atoms with Gasteiger partial charge in [-0.3, -0.25) is 24.1 Å². The minimum atomic E-state index is -1.35. The molecule has 1 aliphatic heterocycles. The number of para-hydroxylation sites is 2. The fourth-order valence-corrected chi connectivity index (χ4v) is 9.06. The minimum absolute atomic E-state index is 0.0443. The average molecular weight is 650 g/mol. The number of amides is 2. The van der Waals surface area contributed by atoms with E-state index in [0.717, 1.165) is 5.57 Å². The molecule has 244 valence electrons. The lowest BCUT2D eigenvalue weighted by Crippen LogP contribution is -2.58. The van der Waals surface area contributed by atoms with Gasteiger partial charge >= 0.3 is 0 Å². The first kappa shape index (κ1) is 30.9. The van der Waals surface area contributed by atoms with Crippen LogP contribution in [0.25, 0.3) is 5.57 Å². The highest BCUT2D eigenvalue weighted by Crippen LogP contribution is 2.64. The van der Waals surface area contributed by atoms with E-state index in [1.165, 1.54) is 11.0 Å². The number of ether oxygens (including phenoxy) is 1. The van der Waals surface area contributed by atoms with Crippen LogP contribution < -0.4 is 9.64 Å². The van der Waals surface area contributed by atoms with E-state index in [0.29, 0.717) is 40.1 Å². The number of nitrogens with zero attached hydrogens (tertiary/aromatic N) is 1. The van der Waals surface area contributed by atoms with Crippen LogP contribution in [0.5, 0.6) is 5.75 Å². The molecule has 49 heavy (non-hydrogen) atoms. The minimum Gasteiger partial charge on any atom is -0.491 e. The molecule has 0 aromatic heterocycles. The van der Waals surface area contributed by atoms with Crippen molar-refractivity contribution < 1.29 is 29.0 Å². The monoisotopic (exact) mass is 649 g/mol. The van der Waals surface area contributed by atoms with Gasteiger partial charge in [-0.2, -0.15) is 0 Å². The van der Waals surface area contributed by atoms with Crippen LogP contribution in [0.2, 0.25) is 0 Å². The van der Waals surface area contributed by atoms with Gasteiger partial charge in [0.1, 0.15) is 12.4 Å². The first-order valence-corrected chi connectivity index (χ1v) is 16.8. The third kappa shape index (κ3) is 4.67. The summed E-state index contributed by atoms with van der Waals surface area (Å²) in [4.78, 5) is 60.0. The van der Waals surface area contributed by atoms with Crippen molar-refractivity contribution in [3.63, 3.8) is 0 Å². The van der Waals surface area contributed by atoms with Gasteiger partial charge in [0.25, 0.3) is 0 Å². The molecule has 0 unspecified atom stereocenters. The van der Waals surface area contributed by atoms with Gasteiger partial charge in [-0.05, 0) is 54.2 Å². The molecule has 0 radical (unpaired) electrons. The molecule has 0 spiro atoms. The molecule has 4 aromatic rings. The molecular formula is C42H35NO6. The zero-order valence-corrected chi connectivity index (χ0v) is 26.8. The summed E-state index contributed by atoms with van der Waals surface area (Å²) < 4.78 is 6.11. The van der Waals surface area contributed by atoms with Crippen molar-refractivity contribution in [3.05, 3.63) is 150 Å². The Labute approximate surface area is 284 Å². The second-order valence-corrected chi connectivity index (χ2v) is 13.2. The van der Waals surface area contributed by atoms with E-state index in [4.69, 9.17) is 4.74 Å². The van der Waals surface area contributed by atoms with Crippen molar-refractivity contribution >= 4 is 34.6 Å². The number of benzene rings is 4. The number of imide groups is 1. The number of hydrogen-bond acceptors (Lipinski definition) is 6. The number of allylic oxidation sites excluding steroid dienone is 4. The van der Waals surface area contributed by atoms with Crippen LogP contribution in [-0.4, -0.2) is 41.7 Å². The summed E-state index contributed by atoms with van der Waals surface area (Å²) in [6, 6.07) is 35.2. The maximum absolute atomic E-state index is 15.2. The molecular weight excluding hydrogens is 614 g/mol. The lowest BCUT2D eigenvalue weighted by molar-refractivity contribution is -0.135. The Morgan fingerprint density at radius 2 is 1.41 bits per heavy atom. The first-order chi connectivity index (χ1) is 24.0. The first-order valence-electron chi connectivity index (χ1n) is 16.8. The highest BCUT2D eigenvalue weighted by Gasteiger charge is 2.66. The van der Waals surface area contributed by atoms with Gasteiger partial charge in [0.05, 0.1) is 29.5 Å². The molecule has 4 aliphatic rings. The predicted molar refractivity (Wildman–Crippen MR) is 185 cm³/mol. The maximum Gasteiger partial charge on any atom is 0.238 e. The number of aliphatic hydroxyl groups is 1. The van der Waals surface area contributed by atoms with Crippen molar-refractivity contribution in [1.82, 2.24) is 0 Å². The number of Topliss-reactive ketones (excluding diaryl/α,β-unsaturated/α-hetero) is 1. The van der Waals surface area contributed by atoms with Crippen LogP contribution in [0, 0.1) is 23.7 Å². The van der Waals surface area contributed by atoms with Gasteiger partial charge < -0.3 is 9.84 Å². The van der Waals surface area contributed by atoms with Crippen LogP contribution in [0.4, 0.5) is 5.69 Å². The van der Waals surface area contributed by atoms with Crippen molar-refractivity contribution in [1.29, 1.82) is 0 Å². The molecule has 1 saturated heterocycles. The molecule has 8 rings (SSSR count). The number of ketones is 2. The van der Waals surface area contributed by atoms with Crippen molar-refractivity contribution in [2.75, 3.05) is 18.1 Å². The Balaban J connectivity index is 1.37. The summed E-state index contributed by atoms with van der Waals surface area (Å²) >= 11 is 0. The molecule has 1 N–H and O–H groups in total. The summed E-state index contributed by atoms with van der Waals surface area (Å²) in [7, 11) is 0. The summed E-state index contributed by atoms with van der Waals surface area (Å²) in [5.74, 6) is -3.64. The van der Waals surface area contributed by atoms with E-state index in [-0.39, 0.29) is 43.0 Å². The number of aliphatic hydroxyl groups excluding tert-OH is 1. The predicted octanol–water partition coefficient (Wildman–Crippen LogP) is 6.09. The Kier molecular flexibility index (Phi) is 7.72. The number of fused-ring (bicyclic) bond motifs is 4. The van der Waals surface area contributed by atoms with Crippen molar-refractivity contribution in [2.24, 2.45) is 23.7 Å². The van der Waals surface area contributed by atoms with Crippen LogP contribution in [0.1, 0.15) is 35.4 Å².